The van der Waals surface area contributed by atoms with E-state index in [0.29, 0.717) is 5.56 Å². The summed E-state index contributed by atoms with van der Waals surface area (Å²) in [5, 5.41) is 0. The van der Waals surface area contributed by atoms with Gasteiger partial charge in [0.1, 0.15) is 0 Å². The molecule has 0 atom stereocenters. The zero-order valence-corrected chi connectivity index (χ0v) is 8.91. The molecule has 1 aromatic heterocycles. The molecule has 0 bridgehead atoms. The van der Waals surface area contributed by atoms with Crippen LogP contribution in [0.3, 0.4) is 0 Å². The van der Waals surface area contributed by atoms with E-state index in [1.54, 1.807) is 24.3 Å². The molecule has 1 aromatic carbocycles. The van der Waals surface area contributed by atoms with Crippen LogP contribution in [0.5, 0.6) is 0 Å². The Morgan fingerprint density at radius 2 is 1.80 bits per heavy atom. The van der Waals surface area contributed by atoms with Crippen molar-refractivity contribution in [1.82, 2.24) is 4.98 Å². The molecule has 1 heteroatoms. The normalized spacial score (nSPS) is 14.1. The van der Waals surface area contributed by atoms with E-state index in [-0.39, 0.29) is 0 Å². The molecule has 0 aliphatic heterocycles. The third-order valence-electron chi connectivity index (χ3n) is 2.55. The van der Waals surface area contributed by atoms with Crippen LogP contribution in [-0.2, 0) is 0 Å². The number of pyridine rings is 1. The summed E-state index contributed by atoms with van der Waals surface area (Å²) in [6.07, 6.45) is 1.84. The standard InChI is InChI=1S/C14H15N/c1-10-4-6-13(7-5-10)14-8-11(2)12(3)9-15-14/h4-9H,1-3H3/i1D3. The molecule has 15 heavy (non-hydrogen) atoms. The van der Waals surface area contributed by atoms with Crippen LogP contribution < -0.4 is 0 Å². The quantitative estimate of drug-likeness (QED) is 0.684. The van der Waals surface area contributed by atoms with Gasteiger partial charge in [0, 0.05) is 15.9 Å². The molecule has 1 nitrogen and oxygen atoms in total. The van der Waals surface area contributed by atoms with E-state index in [2.05, 4.69) is 4.98 Å². The third kappa shape index (κ3) is 2.07. The van der Waals surface area contributed by atoms with Crippen LogP contribution in [0.15, 0.2) is 36.5 Å². The summed E-state index contributed by atoms with van der Waals surface area (Å²) in [5.74, 6) is 0. The summed E-state index contributed by atoms with van der Waals surface area (Å²) in [4.78, 5) is 4.36. The van der Waals surface area contributed by atoms with Gasteiger partial charge in [-0.15, -0.1) is 0 Å². The lowest BCUT2D eigenvalue weighted by Gasteiger charge is -2.04. The van der Waals surface area contributed by atoms with Crippen LogP contribution in [0.2, 0.25) is 0 Å². The molecule has 0 radical (unpaired) electrons. The summed E-state index contributed by atoms with van der Waals surface area (Å²) < 4.78 is 22.0. The lowest BCUT2D eigenvalue weighted by molar-refractivity contribution is 1.22. The van der Waals surface area contributed by atoms with Gasteiger partial charge in [0.25, 0.3) is 0 Å². The summed E-state index contributed by atoms with van der Waals surface area (Å²) in [7, 11) is 0. The third-order valence-corrected chi connectivity index (χ3v) is 2.55. The van der Waals surface area contributed by atoms with Crippen LogP contribution in [0.25, 0.3) is 11.3 Å². The van der Waals surface area contributed by atoms with Gasteiger partial charge < -0.3 is 0 Å². The number of benzene rings is 1. The Bertz CT molecular complexity index is 556. The minimum Gasteiger partial charge on any atom is -0.256 e. The molecule has 0 saturated carbocycles. The minimum absolute atomic E-state index is 0.357. The van der Waals surface area contributed by atoms with Gasteiger partial charge in [-0.3, -0.25) is 4.98 Å². The molecular weight excluding hydrogens is 182 g/mol. The Morgan fingerprint density at radius 3 is 2.40 bits per heavy atom. The van der Waals surface area contributed by atoms with Crippen LogP contribution in [-0.4, -0.2) is 4.98 Å². The first-order valence-electron chi connectivity index (χ1n) is 6.42. The summed E-state index contributed by atoms with van der Waals surface area (Å²) in [5.41, 5.74) is 4.49. The summed E-state index contributed by atoms with van der Waals surface area (Å²) in [6, 6.07) is 8.90. The molecule has 0 aliphatic rings. The van der Waals surface area contributed by atoms with Crippen LogP contribution >= 0.6 is 0 Å². The number of aryl methyl sites for hydroxylation is 3. The van der Waals surface area contributed by atoms with E-state index in [1.165, 1.54) is 5.56 Å². The summed E-state index contributed by atoms with van der Waals surface area (Å²) >= 11 is 0. The SMILES string of the molecule is [2H]C([2H])([2H])c1ccc(-c2cc(C)c(C)cn2)cc1. The fourth-order valence-electron chi connectivity index (χ4n) is 1.42. The highest BCUT2D eigenvalue weighted by Crippen LogP contribution is 2.19. The molecule has 0 amide bonds. The lowest BCUT2D eigenvalue weighted by atomic mass is 10.1. The predicted octanol–water partition coefficient (Wildman–Crippen LogP) is 3.67. The molecule has 2 rings (SSSR count). The van der Waals surface area contributed by atoms with Crippen molar-refractivity contribution in [3.63, 3.8) is 0 Å². The van der Waals surface area contributed by atoms with Gasteiger partial charge in [0.15, 0.2) is 0 Å². The Balaban J connectivity index is 2.37. The largest absolute Gasteiger partial charge is 0.256 e. The molecule has 0 unspecified atom stereocenters. The topological polar surface area (TPSA) is 12.9 Å². The second-order valence-electron chi connectivity index (χ2n) is 3.73. The van der Waals surface area contributed by atoms with E-state index in [4.69, 9.17) is 4.11 Å². The highest BCUT2D eigenvalue weighted by molar-refractivity contribution is 5.60. The van der Waals surface area contributed by atoms with Crippen LogP contribution in [0.4, 0.5) is 0 Å². The van der Waals surface area contributed by atoms with Crippen LogP contribution in [0.1, 0.15) is 20.8 Å². The zero-order valence-electron chi connectivity index (χ0n) is 11.9. The number of nitrogens with zero attached hydrogens (tertiary/aromatic N) is 1. The van der Waals surface area contributed by atoms with Gasteiger partial charge in [-0.2, -0.15) is 0 Å². The second-order valence-corrected chi connectivity index (χ2v) is 3.73. The lowest BCUT2D eigenvalue weighted by Crippen LogP contribution is -1.88. The van der Waals surface area contributed by atoms with E-state index in [9.17, 15) is 0 Å². The Labute approximate surface area is 95.0 Å². The molecule has 0 aliphatic carbocycles. The molecule has 1 heterocycles. The predicted molar refractivity (Wildman–Crippen MR) is 63.9 cm³/mol. The van der Waals surface area contributed by atoms with Crippen LogP contribution in [0, 0.1) is 20.7 Å². The van der Waals surface area contributed by atoms with Gasteiger partial charge in [-0.1, -0.05) is 29.8 Å². The van der Waals surface area contributed by atoms with Crippen molar-refractivity contribution in [3.8, 4) is 11.3 Å². The first-order valence-corrected chi connectivity index (χ1v) is 4.92. The Morgan fingerprint density at radius 1 is 1.07 bits per heavy atom. The molecule has 0 spiro atoms. The number of hydrogen-bond donors (Lipinski definition) is 0. The van der Waals surface area contributed by atoms with Gasteiger partial charge >= 0.3 is 0 Å². The van der Waals surface area contributed by atoms with Crippen molar-refractivity contribution < 1.29 is 4.11 Å². The van der Waals surface area contributed by atoms with Gasteiger partial charge in [0.05, 0.1) is 5.69 Å². The average Bonchev–Trinajstić information content (AvgIpc) is 2.32. The maximum absolute atomic E-state index is 7.33. The van der Waals surface area contributed by atoms with E-state index in [1.807, 2.05) is 26.1 Å². The zero-order chi connectivity index (χ0) is 13.3. The van der Waals surface area contributed by atoms with Crippen molar-refractivity contribution in [2.75, 3.05) is 0 Å². The molecule has 76 valence electrons. The highest BCUT2D eigenvalue weighted by Gasteiger charge is 2.00. The van der Waals surface area contributed by atoms with Gasteiger partial charge in [-0.25, -0.2) is 0 Å². The molecular formula is C14H15N. The molecule has 0 fully saturated rings. The maximum atomic E-state index is 7.33. The second kappa shape index (κ2) is 3.85. The highest BCUT2D eigenvalue weighted by atomic mass is 14.7. The van der Waals surface area contributed by atoms with E-state index in [0.717, 1.165) is 16.8 Å². The first kappa shape index (κ1) is 6.78. The number of aromatic nitrogens is 1. The van der Waals surface area contributed by atoms with Crippen molar-refractivity contribution in [2.24, 2.45) is 0 Å². The maximum Gasteiger partial charge on any atom is 0.0704 e. The van der Waals surface area contributed by atoms with Crippen molar-refractivity contribution in [2.45, 2.75) is 20.7 Å². The number of rotatable bonds is 1. The van der Waals surface area contributed by atoms with Gasteiger partial charge in [0.2, 0.25) is 0 Å². The van der Waals surface area contributed by atoms with E-state index >= 15 is 0 Å². The van der Waals surface area contributed by atoms with Gasteiger partial charge in [-0.05, 0) is 37.9 Å². The number of hydrogen-bond acceptors (Lipinski definition) is 1. The van der Waals surface area contributed by atoms with Crippen molar-refractivity contribution in [3.05, 3.63) is 53.2 Å². The van der Waals surface area contributed by atoms with Crippen molar-refractivity contribution in [1.29, 1.82) is 0 Å². The smallest absolute Gasteiger partial charge is 0.0704 e. The average molecular weight is 200 g/mol. The Hall–Kier alpha value is -1.63. The van der Waals surface area contributed by atoms with Crippen molar-refractivity contribution >= 4 is 0 Å². The fraction of sp³-hybridized carbons (Fsp3) is 0.214. The Kier molecular flexibility index (Phi) is 1.74. The monoisotopic (exact) mass is 200 g/mol. The molecule has 2 aromatic rings. The molecule has 0 saturated heterocycles. The van der Waals surface area contributed by atoms with E-state index < -0.39 is 6.85 Å². The fourth-order valence-corrected chi connectivity index (χ4v) is 1.42. The molecule has 0 N–H and O–H groups in total. The first-order chi connectivity index (χ1) is 8.38. The minimum atomic E-state index is -2.05. The summed E-state index contributed by atoms with van der Waals surface area (Å²) in [6.45, 7) is 2.01.